The first-order valence-electron chi connectivity index (χ1n) is 10.2. The van der Waals surface area contributed by atoms with E-state index in [1.54, 1.807) is 0 Å². The van der Waals surface area contributed by atoms with Crippen molar-refractivity contribution >= 4 is 11.9 Å². The van der Waals surface area contributed by atoms with Crippen molar-refractivity contribution in [2.45, 2.75) is 101 Å². The lowest BCUT2D eigenvalue weighted by molar-refractivity contribution is -0.213. The molecule has 1 aliphatic heterocycles. The van der Waals surface area contributed by atoms with Crippen LogP contribution in [0.1, 0.15) is 77.6 Å². The molecule has 0 spiro atoms. The van der Waals surface area contributed by atoms with Crippen LogP contribution in [0.2, 0.25) is 0 Å². The lowest BCUT2D eigenvalue weighted by Gasteiger charge is -2.36. The molecule has 0 aliphatic carbocycles. The van der Waals surface area contributed by atoms with E-state index in [4.69, 9.17) is 9.47 Å². The summed E-state index contributed by atoms with van der Waals surface area (Å²) in [6, 6.07) is 0. The minimum Gasteiger partial charge on any atom is -0.467 e. The number of hydrogen-bond donors (Lipinski definition) is 3. The number of unbranched alkanes of at least 4 members (excludes halogenated alkanes) is 9. The van der Waals surface area contributed by atoms with Crippen molar-refractivity contribution in [3.8, 4) is 0 Å². The smallest absolute Gasteiger partial charge is 0.344 e. The second kappa shape index (κ2) is 11.7. The van der Waals surface area contributed by atoms with Gasteiger partial charge in [0.25, 0.3) is 0 Å². The lowest BCUT2D eigenvalue weighted by Crippen LogP contribution is -2.66. The minimum absolute atomic E-state index is 0.0874. The predicted octanol–water partition coefficient (Wildman–Crippen LogP) is 1.82. The average molecular weight is 405 g/mol. The highest BCUT2D eigenvalue weighted by Crippen LogP contribution is 2.44. The maximum Gasteiger partial charge on any atom is 0.344 e. The van der Waals surface area contributed by atoms with Crippen LogP contribution in [-0.2, 0) is 23.8 Å². The van der Waals surface area contributed by atoms with Gasteiger partial charge in [0.1, 0.15) is 6.10 Å². The molecule has 164 valence electrons. The predicted molar refractivity (Wildman–Crippen MR) is 101 cm³/mol. The van der Waals surface area contributed by atoms with Crippen molar-refractivity contribution < 1.29 is 39.1 Å². The normalized spacial score (nSPS) is 29.6. The molecule has 1 aliphatic rings. The molecule has 8 heteroatoms. The maximum atomic E-state index is 12.4. The quantitative estimate of drug-likeness (QED) is 0.314. The van der Waals surface area contributed by atoms with Gasteiger partial charge >= 0.3 is 11.9 Å². The summed E-state index contributed by atoms with van der Waals surface area (Å²) in [7, 11) is 2.10. The van der Waals surface area contributed by atoms with E-state index in [0.717, 1.165) is 39.9 Å². The van der Waals surface area contributed by atoms with E-state index < -0.39 is 35.5 Å². The first kappa shape index (κ1) is 24.8. The molecule has 0 bridgehead atoms. The standard InChI is InChI=1S/C20H36O8/c1-4-5-6-7-8-9-10-11-12-13-14-19(17(23)26-2)20(25,18(24)27-3)15(21)16(22)28-19/h15-16,21-22,25H,4-14H2,1-3H3. The zero-order valence-corrected chi connectivity index (χ0v) is 17.3. The van der Waals surface area contributed by atoms with Gasteiger partial charge in [0, 0.05) is 0 Å². The number of rotatable bonds is 13. The van der Waals surface area contributed by atoms with Crippen LogP contribution in [0, 0.1) is 0 Å². The Kier molecular flexibility index (Phi) is 10.4. The maximum absolute atomic E-state index is 12.4. The van der Waals surface area contributed by atoms with Crippen LogP contribution in [0.5, 0.6) is 0 Å². The molecule has 28 heavy (non-hydrogen) atoms. The molecule has 1 rings (SSSR count). The summed E-state index contributed by atoms with van der Waals surface area (Å²) in [6.45, 7) is 2.19. The Hall–Kier alpha value is -1.22. The van der Waals surface area contributed by atoms with Crippen LogP contribution in [0.15, 0.2) is 0 Å². The fraction of sp³-hybridized carbons (Fsp3) is 0.900. The molecule has 1 fully saturated rings. The van der Waals surface area contributed by atoms with Crippen molar-refractivity contribution in [3.05, 3.63) is 0 Å². The Morgan fingerprint density at radius 1 is 0.857 bits per heavy atom. The third-order valence-electron chi connectivity index (χ3n) is 5.53. The van der Waals surface area contributed by atoms with E-state index in [0.29, 0.717) is 6.42 Å². The summed E-state index contributed by atoms with van der Waals surface area (Å²) in [5.41, 5.74) is -4.96. The number of carbonyl (C=O) groups is 2. The highest BCUT2D eigenvalue weighted by atomic mass is 16.7. The molecule has 1 saturated heterocycles. The number of methoxy groups -OCH3 is 2. The van der Waals surface area contributed by atoms with E-state index in [2.05, 4.69) is 11.7 Å². The summed E-state index contributed by atoms with van der Waals surface area (Å²) < 4.78 is 14.5. The topological polar surface area (TPSA) is 123 Å². The summed E-state index contributed by atoms with van der Waals surface area (Å²) in [5.74, 6) is -2.29. The highest BCUT2D eigenvalue weighted by molar-refractivity contribution is 5.94. The summed E-state index contributed by atoms with van der Waals surface area (Å²) in [4.78, 5) is 24.6. The van der Waals surface area contributed by atoms with E-state index in [9.17, 15) is 24.9 Å². The van der Waals surface area contributed by atoms with Crippen LogP contribution in [0.25, 0.3) is 0 Å². The zero-order valence-electron chi connectivity index (χ0n) is 17.3. The molecule has 0 aromatic rings. The van der Waals surface area contributed by atoms with E-state index >= 15 is 0 Å². The molecule has 4 atom stereocenters. The van der Waals surface area contributed by atoms with Gasteiger partial charge in [0.2, 0.25) is 11.2 Å². The van der Waals surface area contributed by atoms with Gasteiger partial charge in [-0.2, -0.15) is 0 Å². The zero-order chi connectivity index (χ0) is 21.2. The number of carbonyl (C=O) groups excluding carboxylic acids is 2. The molecular weight excluding hydrogens is 368 g/mol. The fourth-order valence-corrected chi connectivity index (χ4v) is 3.83. The van der Waals surface area contributed by atoms with Crippen molar-refractivity contribution in [1.29, 1.82) is 0 Å². The second-order valence-corrected chi connectivity index (χ2v) is 7.46. The van der Waals surface area contributed by atoms with Gasteiger partial charge in [-0.1, -0.05) is 64.7 Å². The summed E-state index contributed by atoms with van der Waals surface area (Å²) in [6.07, 6.45) is 6.54. The molecule has 3 N–H and O–H groups in total. The molecule has 0 amide bonds. The van der Waals surface area contributed by atoms with E-state index in [1.165, 1.54) is 32.1 Å². The molecule has 0 aromatic heterocycles. The summed E-state index contributed by atoms with van der Waals surface area (Å²) >= 11 is 0. The van der Waals surface area contributed by atoms with Crippen LogP contribution in [0.3, 0.4) is 0 Å². The third-order valence-corrected chi connectivity index (χ3v) is 5.53. The highest BCUT2D eigenvalue weighted by Gasteiger charge is 2.74. The molecule has 4 unspecified atom stereocenters. The van der Waals surface area contributed by atoms with Crippen molar-refractivity contribution in [2.24, 2.45) is 0 Å². The van der Waals surface area contributed by atoms with Gasteiger partial charge in [0.05, 0.1) is 14.2 Å². The van der Waals surface area contributed by atoms with Gasteiger partial charge < -0.3 is 29.5 Å². The Morgan fingerprint density at radius 2 is 1.32 bits per heavy atom. The van der Waals surface area contributed by atoms with Gasteiger partial charge in [-0.15, -0.1) is 0 Å². The number of aliphatic hydroxyl groups is 3. The monoisotopic (exact) mass is 404 g/mol. The largest absolute Gasteiger partial charge is 0.467 e. The Bertz CT molecular complexity index is 497. The van der Waals surface area contributed by atoms with E-state index in [-0.39, 0.29) is 6.42 Å². The number of aliphatic hydroxyl groups excluding tert-OH is 2. The number of esters is 2. The number of ether oxygens (including phenoxy) is 3. The molecule has 0 saturated carbocycles. The van der Waals surface area contributed by atoms with Gasteiger partial charge in [-0.25, -0.2) is 9.59 Å². The third kappa shape index (κ3) is 5.23. The molecule has 1 heterocycles. The molecule has 0 radical (unpaired) electrons. The SMILES string of the molecule is CCCCCCCCCCCCC1(C(=O)OC)OC(O)C(O)C1(O)C(=O)OC. The van der Waals surface area contributed by atoms with Crippen molar-refractivity contribution in [1.82, 2.24) is 0 Å². The van der Waals surface area contributed by atoms with Crippen molar-refractivity contribution in [3.63, 3.8) is 0 Å². The molecule has 0 aromatic carbocycles. The first-order valence-corrected chi connectivity index (χ1v) is 10.2. The van der Waals surface area contributed by atoms with Crippen LogP contribution in [-0.4, -0.2) is 65.1 Å². The van der Waals surface area contributed by atoms with Crippen LogP contribution >= 0.6 is 0 Å². The minimum atomic E-state index is -2.74. The lowest BCUT2D eigenvalue weighted by atomic mass is 9.77. The summed E-state index contributed by atoms with van der Waals surface area (Å²) in [5, 5.41) is 30.8. The second-order valence-electron chi connectivity index (χ2n) is 7.46. The van der Waals surface area contributed by atoms with Crippen molar-refractivity contribution in [2.75, 3.05) is 14.2 Å². The van der Waals surface area contributed by atoms with Crippen LogP contribution in [0.4, 0.5) is 0 Å². The van der Waals surface area contributed by atoms with Gasteiger partial charge in [0.15, 0.2) is 6.29 Å². The van der Waals surface area contributed by atoms with Crippen LogP contribution < -0.4 is 0 Å². The van der Waals surface area contributed by atoms with E-state index in [1.807, 2.05) is 0 Å². The average Bonchev–Trinajstić information content (AvgIpc) is 2.90. The Labute approximate surface area is 167 Å². The Morgan fingerprint density at radius 3 is 1.79 bits per heavy atom. The van der Waals surface area contributed by atoms with Gasteiger partial charge in [-0.05, 0) is 12.8 Å². The first-order chi connectivity index (χ1) is 13.3. The fourth-order valence-electron chi connectivity index (χ4n) is 3.83. The molecular formula is C20H36O8. The Balaban J connectivity index is 2.64. The van der Waals surface area contributed by atoms with Gasteiger partial charge in [-0.3, -0.25) is 0 Å². The molecule has 8 nitrogen and oxygen atoms in total. The number of hydrogen-bond acceptors (Lipinski definition) is 8.